The number of nitrogens with zero attached hydrogens (tertiary/aromatic N) is 1. The first-order valence-corrected chi connectivity index (χ1v) is 12.9. The molecule has 1 N–H and O–H groups in total. The summed E-state index contributed by atoms with van der Waals surface area (Å²) < 4.78 is 142. The van der Waals surface area contributed by atoms with E-state index in [1.54, 1.807) is 6.92 Å². The van der Waals surface area contributed by atoms with Gasteiger partial charge < -0.3 is 33.7 Å². The lowest BCUT2D eigenvalue weighted by Crippen LogP contribution is -2.62. The van der Waals surface area contributed by atoms with E-state index in [4.69, 9.17) is 18.9 Å². The van der Waals surface area contributed by atoms with Crippen molar-refractivity contribution in [2.24, 2.45) is 0 Å². The number of alkyl halides is 9. The standard InChI is InChI=1S/C27H28F9NO8/c1-3-42-21(22(38)39)15-17-7-9-18(10-8-17)43-13-11-37(23(40)45-20-6-4-5-19(16-20)41-2)12-14-44-27(35,36)25(30,31)24(28,29)26(32,33)34/h4-10,16,21H,3,11-15H2,1-2H3,(H,38,39). The van der Waals surface area contributed by atoms with Gasteiger partial charge in [0.25, 0.3) is 0 Å². The molecule has 0 saturated heterocycles. The summed E-state index contributed by atoms with van der Waals surface area (Å²) in [6.45, 7) is -1.75. The molecule has 0 radical (unpaired) electrons. The number of amides is 1. The molecule has 2 aromatic carbocycles. The number of carbonyl (C=O) groups excluding carboxylic acids is 1. The van der Waals surface area contributed by atoms with Gasteiger partial charge in [0.15, 0.2) is 6.10 Å². The Morgan fingerprint density at radius 2 is 1.44 bits per heavy atom. The van der Waals surface area contributed by atoms with Crippen molar-refractivity contribution in [3.8, 4) is 17.2 Å². The number of aliphatic carboxylic acids is 1. The number of hydrogen-bond acceptors (Lipinski definition) is 7. The lowest BCUT2D eigenvalue weighted by Gasteiger charge is -2.33. The van der Waals surface area contributed by atoms with Crippen molar-refractivity contribution in [2.75, 3.05) is 40.0 Å². The molecule has 1 atom stereocenters. The highest BCUT2D eigenvalue weighted by atomic mass is 19.4. The summed E-state index contributed by atoms with van der Waals surface area (Å²) in [4.78, 5) is 24.6. The molecule has 0 saturated carbocycles. The molecule has 0 bridgehead atoms. The van der Waals surface area contributed by atoms with Gasteiger partial charge in [-0.05, 0) is 36.8 Å². The van der Waals surface area contributed by atoms with E-state index < -0.39 is 62.0 Å². The Hall–Kier alpha value is -3.93. The summed E-state index contributed by atoms with van der Waals surface area (Å²) in [5.41, 5.74) is 0.567. The molecule has 18 heteroatoms. The van der Waals surface area contributed by atoms with Gasteiger partial charge in [0.2, 0.25) is 0 Å². The SMILES string of the molecule is CCOC(Cc1ccc(OCCN(CCOC(F)(F)C(F)(F)C(F)(F)C(F)(F)F)C(=O)Oc2cccc(OC)c2)cc1)C(=O)O. The number of hydrogen-bond donors (Lipinski definition) is 1. The number of carboxylic acid groups (broad SMARTS) is 1. The lowest BCUT2D eigenvalue weighted by molar-refractivity contribution is -0.443. The first-order valence-electron chi connectivity index (χ1n) is 12.9. The van der Waals surface area contributed by atoms with E-state index in [2.05, 4.69) is 4.74 Å². The third-order valence-electron chi connectivity index (χ3n) is 5.88. The van der Waals surface area contributed by atoms with Gasteiger partial charge in [0.1, 0.15) is 23.9 Å². The van der Waals surface area contributed by atoms with Gasteiger partial charge in [-0.25, -0.2) is 9.59 Å². The molecule has 0 spiro atoms. The van der Waals surface area contributed by atoms with Crippen LogP contribution in [0.15, 0.2) is 48.5 Å². The predicted octanol–water partition coefficient (Wildman–Crippen LogP) is 6.05. The molecule has 1 unspecified atom stereocenters. The van der Waals surface area contributed by atoms with E-state index in [0.29, 0.717) is 10.5 Å². The third kappa shape index (κ3) is 9.78. The summed E-state index contributed by atoms with van der Waals surface area (Å²) in [6.07, 6.45) is -15.7. The number of rotatable bonds is 17. The molecule has 1 amide bonds. The van der Waals surface area contributed by atoms with Crippen LogP contribution in [-0.2, 0) is 20.7 Å². The van der Waals surface area contributed by atoms with Gasteiger partial charge >= 0.3 is 36.2 Å². The quantitative estimate of drug-likeness (QED) is 0.204. The second-order valence-electron chi connectivity index (χ2n) is 9.02. The maximum atomic E-state index is 13.8. The predicted molar refractivity (Wildman–Crippen MR) is 136 cm³/mol. The zero-order valence-electron chi connectivity index (χ0n) is 23.6. The molecule has 0 aromatic heterocycles. The number of ether oxygens (including phenoxy) is 5. The first-order chi connectivity index (χ1) is 20.9. The van der Waals surface area contributed by atoms with Gasteiger partial charge in [0.05, 0.1) is 20.3 Å². The molecule has 0 fully saturated rings. The first kappa shape index (κ1) is 37.3. The molecule has 2 aromatic rings. The van der Waals surface area contributed by atoms with Gasteiger partial charge in [-0.2, -0.15) is 39.5 Å². The maximum Gasteiger partial charge on any atom is 0.460 e. The average molecular weight is 666 g/mol. The topological polar surface area (TPSA) is 104 Å². The molecule has 2 rings (SSSR count). The molecule has 252 valence electrons. The van der Waals surface area contributed by atoms with Crippen LogP contribution in [0.25, 0.3) is 0 Å². The minimum Gasteiger partial charge on any atom is -0.497 e. The Morgan fingerprint density at radius 1 is 0.844 bits per heavy atom. The van der Waals surface area contributed by atoms with Crippen LogP contribution in [0.2, 0.25) is 0 Å². The summed E-state index contributed by atoms with van der Waals surface area (Å²) in [5, 5.41) is 9.20. The van der Waals surface area contributed by atoms with Crippen molar-refractivity contribution in [1.82, 2.24) is 4.90 Å². The Bertz CT molecular complexity index is 1260. The Kier molecular flexibility index (Phi) is 12.7. The molecule has 0 aliphatic heterocycles. The van der Waals surface area contributed by atoms with Crippen molar-refractivity contribution < 1.29 is 77.9 Å². The van der Waals surface area contributed by atoms with Gasteiger partial charge in [-0.15, -0.1) is 0 Å². The second kappa shape index (κ2) is 15.4. The van der Waals surface area contributed by atoms with Crippen LogP contribution in [0.5, 0.6) is 17.2 Å². The number of carbonyl (C=O) groups is 2. The van der Waals surface area contributed by atoms with Crippen molar-refractivity contribution in [3.05, 3.63) is 54.1 Å². The van der Waals surface area contributed by atoms with E-state index in [0.717, 1.165) is 0 Å². The molecule has 9 nitrogen and oxygen atoms in total. The van der Waals surface area contributed by atoms with E-state index in [1.807, 2.05) is 0 Å². The van der Waals surface area contributed by atoms with E-state index >= 15 is 0 Å². The van der Waals surface area contributed by atoms with E-state index in [-0.39, 0.29) is 36.9 Å². The molecule has 0 aliphatic rings. The molecule has 0 heterocycles. The second-order valence-corrected chi connectivity index (χ2v) is 9.02. The number of halogens is 9. The summed E-state index contributed by atoms with van der Waals surface area (Å²) >= 11 is 0. The highest BCUT2D eigenvalue weighted by Crippen LogP contribution is 2.53. The van der Waals surface area contributed by atoms with Crippen molar-refractivity contribution in [2.45, 2.75) is 43.6 Å². The van der Waals surface area contributed by atoms with Crippen LogP contribution in [0.1, 0.15) is 12.5 Å². The van der Waals surface area contributed by atoms with Crippen molar-refractivity contribution in [3.63, 3.8) is 0 Å². The molecule has 0 aliphatic carbocycles. The molecular formula is C27H28F9NO8. The van der Waals surface area contributed by atoms with Gasteiger partial charge in [0, 0.05) is 25.6 Å². The fraction of sp³-hybridized carbons (Fsp3) is 0.481. The largest absolute Gasteiger partial charge is 0.497 e. The number of carboxylic acids is 1. The van der Waals surface area contributed by atoms with Crippen LogP contribution in [-0.4, -0.2) is 92.3 Å². The lowest BCUT2D eigenvalue weighted by atomic mass is 10.1. The number of methoxy groups -OCH3 is 1. The Morgan fingerprint density at radius 3 is 2.00 bits per heavy atom. The van der Waals surface area contributed by atoms with Crippen LogP contribution >= 0.6 is 0 Å². The third-order valence-corrected chi connectivity index (χ3v) is 5.88. The number of benzene rings is 2. The Balaban J connectivity index is 2.12. The fourth-order valence-electron chi connectivity index (χ4n) is 3.49. The summed E-state index contributed by atoms with van der Waals surface area (Å²) in [5.74, 6) is -15.0. The summed E-state index contributed by atoms with van der Waals surface area (Å²) in [6, 6.07) is 11.4. The molecule has 45 heavy (non-hydrogen) atoms. The maximum absolute atomic E-state index is 13.8. The zero-order chi connectivity index (χ0) is 34.1. The van der Waals surface area contributed by atoms with Crippen LogP contribution in [0, 0.1) is 0 Å². The fourth-order valence-corrected chi connectivity index (χ4v) is 3.49. The zero-order valence-corrected chi connectivity index (χ0v) is 23.6. The minimum atomic E-state index is -7.14. The average Bonchev–Trinajstić information content (AvgIpc) is 2.96. The van der Waals surface area contributed by atoms with Crippen molar-refractivity contribution in [1.29, 1.82) is 0 Å². The van der Waals surface area contributed by atoms with E-state index in [1.165, 1.54) is 55.6 Å². The van der Waals surface area contributed by atoms with Crippen LogP contribution < -0.4 is 14.2 Å². The van der Waals surface area contributed by atoms with Crippen molar-refractivity contribution >= 4 is 12.1 Å². The van der Waals surface area contributed by atoms with Crippen LogP contribution in [0.3, 0.4) is 0 Å². The monoisotopic (exact) mass is 665 g/mol. The highest BCUT2D eigenvalue weighted by molar-refractivity contribution is 5.72. The summed E-state index contributed by atoms with van der Waals surface area (Å²) in [7, 11) is 1.30. The highest BCUT2D eigenvalue weighted by Gasteiger charge is 2.82. The Labute approximate surface area is 250 Å². The van der Waals surface area contributed by atoms with Crippen LogP contribution in [0.4, 0.5) is 44.3 Å². The molecular weight excluding hydrogens is 637 g/mol. The minimum absolute atomic E-state index is 0.0337. The van der Waals surface area contributed by atoms with Gasteiger partial charge in [-0.1, -0.05) is 18.2 Å². The normalized spacial score (nSPS) is 13.2. The van der Waals surface area contributed by atoms with Gasteiger partial charge in [-0.3, -0.25) is 0 Å². The smallest absolute Gasteiger partial charge is 0.460 e. The van der Waals surface area contributed by atoms with E-state index in [9.17, 15) is 54.2 Å².